The Morgan fingerprint density at radius 2 is 1.77 bits per heavy atom. The summed E-state index contributed by atoms with van der Waals surface area (Å²) in [7, 11) is -3.84. The van der Waals surface area contributed by atoms with Crippen molar-refractivity contribution in [2.24, 2.45) is 0 Å². The second-order valence-electron chi connectivity index (χ2n) is 11.0. The maximum atomic E-state index is 13.7. The summed E-state index contributed by atoms with van der Waals surface area (Å²) in [6, 6.07) is 9.40. The van der Waals surface area contributed by atoms with E-state index in [1.807, 2.05) is 11.8 Å². The monoisotopic (exact) mass is 642 g/mol. The maximum absolute atomic E-state index is 13.7. The van der Waals surface area contributed by atoms with E-state index in [0.29, 0.717) is 59.9 Å². The molecule has 0 spiro atoms. The van der Waals surface area contributed by atoms with Crippen LogP contribution in [0.25, 0.3) is 11.6 Å². The molecule has 1 fully saturated rings. The highest BCUT2D eigenvalue weighted by Crippen LogP contribution is 2.37. The molecule has 0 aliphatic carbocycles. The summed E-state index contributed by atoms with van der Waals surface area (Å²) in [5.74, 6) is -0.736. The lowest BCUT2D eigenvalue weighted by atomic mass is 10.0. The molecule has 2 amide bonds. The van der Waals surface area contributed by atoms with E-state index < -0.39 is 9.84 Å². The van der Waals surface area contributed by atoms with Gasteiger partial charge in [-0.25, -0.2) is 8.42 Å². The fourth-order valence-corrected chi connectivity index (χ4v) is 8.02. The fourth-order valence-electron chi connectivity index (χ4n) is 5.90. The molecule has 43 heavy (non-hydrogen) atoms. The van der Waals surface area contributed by atoms with Crippen LogP contribution < -0.4 is 5.32 Å². The number of morpholine rings is 1. The normalized spacial score (nSPS) is 18.5. The van der Waals surface area contributed by atoms with Gasteiger partial charge in [-0.15, -0.1) is 0 Å². The average molecular weight is 644 g/mol. The van der Waals surface area contributed by atoms with Gasteiger partial charge in [-0.05, 0) is 61.7 Å². The van der Waals surface area contributed by atoms with Crippen LogP contribution in [-0.2, 0) is 31.5 Å². The predicted molar refractivity (Wildman–Crippen MR) is 167 cm³/mol. The first kappa shape index (κ1) is 29.9. The Labute approximate surface area is 260 Å². The number of amides is 2. The lowest BCUT2D eigenvalue weighted by molar-refractivity contribution is -0.110. The molecule has 2 aromatic carbocycles. The van der Waals surface area contributed by atoms with Gasteiger partial charge in [-0.1, -0.05) is 29.3 Å². The van der Waals surface area contributed by atoms with E-state index >= 15 is 0 Å². The lowest BCUT2D eigenvalue weighted by Gasteiger charge is -2.29. The van der Waals surface area contributed by atoms with Crippen molar-refractivity contribution in [2.75, 3.05) is 51.3 Å². The minimum absolute atomic E-state index is 0.0120. The summed E-state index contributed by atoms with van der Waals surface area (Å²) in [6.07, 6.45) is 3.25. The Bertz CT molecular complexity index is 1720. The summed E-state index contributed by atoms with van der Waals surface area (Å²) < 4.78 is 32.2. The van der Waals surface area contributed by atoms with E-state index in [1.165, 1.54) is 12.1 Å². The number of hydrogen-bond donors (Lipinski definition) is 2. The van der Waals surface area contributed by atoms with Crippen LogP contribution in [0.4, 0.5) is 5.69 Å². The van der Waals surface area contributed by atoms with Gasteiger partial charge in [0.15, 0.2) is 9.84 Å². The molecule has 3 aliphatic rings. The number of aromatic nitrogens is 1. The second kappa shape index (κ2) is 12.1. The van der Waals surface area contributed by atoms with E-state index in [4.69, 9.17) is 27.9 Å². The zero-order valence-electron chi connectivity index (χ0n) is 23.7. The molecule has 3 aliphatic heterocycles. The summed E-state index contributed by atoms with van der Waals surface area (Å²) >= 11 is 12.5. The molecule has 6 rings (SSSR count). The van der Waals surface area contributed by atoms with Crippen molar-refractivity contribution >= 4 is 62.2 Å². The van der Waals surface area contributed by atoms with Crippen LogP contribution in [-0.4, -0.2) is 81.0 Å². The minimum Gasteiger partial charge on any atom is -0.379 e. The van der Waals surface area contributed by atoms with Gasteiger partial charge in [0.25, 0.3) is 11.8 Å². The Balaban J connectivity index is 1.28. The third-order valence-corrected chi connectivity index (χ3v) is 10.7. The third-order valence-electron chi connectivity index (χ3n) is 8.33. The van der Waals surface area contributed by atoms with Gasteiger partial charge in [-0.2, -0.15) is 0 Å². The topological polar surface area (TPSA) is 112 Å². The van der Waals surface area contributed by atoms with Gasteiger partial charge in [0.2, 0.25) is 0 Å². The van der Waals surface area contributed by atoms with Gasteiger partial charge in [-0.3, -0.25) is 14.5 Å². The zero-order valence-corrected chi connectivity index (χ0v) is 26.0. The number of nitrogens with zero attached hydrogens (tertiary/aromatic N) is 2. The van der Waals surface area contributed by atoms with Crippen LogP contribution in [0, 0.1) is 6.92 Å². The number of rotatable bonds is 7. The van der Waals surface area contributed by atoms with Crippen LogP contribution in [0.3, 0.4) is 0 Å². The quantitative estimate of drug-likeness (QED) is 0.358. The smallest absolute Gasteiger partial charge is 0.256 e. The summed E-state index contributed by atoms with van der Waals surface area (Å²) in [6.45, 7) is 7.19. The van der Waals surface area contributed by atoms with Crippen molar-refractivity contribution in [1.82, 2.24) is 14.8 Å². The van der Waals surface area contributed by atoms with Crippen LogP contribution in [0.15, 0.2) is 41.3 Å². The van der Waals surface area contributed by atoms with Gasteiger partial charge >= 0.3 is 0 Å². The molecule has 1 aromatic heterocycles. The standard InChI is InChI=1S/C31H32Cl2N4O5S/c1-19-28(34-27-6-3-9-37(31(39)29(19)27)11-10-36-12-14-42-15-13-36)17-22-21-16-20(7-8-26(21)35-30(22)38)43(40,41)18-23-24(32)4-2-5-25(23)33/h2,4-5,7-8,16-17,34H,3,6,9-15,18H2,1H3,(H,35,38)/b22-17-. The number of aromatic amines is 1. The number of carbonyl (C=O) groups is 2. The predicted octanol–water partition coefficient (Wildman–Crippen LogP) is 4.82. The molecule has 0 atom stereocenters. The number of hydrogen-bond acceptors (Lipinski definition) is 6. The molecule has 1 saturated heterocycles. The average Bonchev–Trinajstić information content (AvgIpc) is 3.41. The van der Waals surface area contributed by atoms with Crippen LogP contribution in [0.5, 0.6) is 0 Å². The molecule has 0 unspecified atom stereocenters. The number of aryl methyl sites for hydroxylation is 1. The molecule has 9 nitrogen and oxygen atoms in total. The minimum atomic E-state index is -3.84. The first-order valence-electron chi connectivity index (χ1n) is 14.3. The van der Waals surface area contributed by atoms with Crippen molar-refractivity contribution < 1.29 is 22.7 Å². The molecule has 0 bridgehead atoms. The molecule has 2 N–H and O–H groups in total. The number of sulfone groups is 1. The number of nitrogens with one attached hydrogen (secondary N) is 2. The van der Waals surface area contributed by atoms with E-state index in [2.05, 4.69) is 15.2 Å². The summed E-state index contributed by atoms with van der Waals surface area (Å²) in [4.78, 5) is 34.4. The van der Waals surface area contributed by atoms with E-state index in [0.717, 1.165) is 43.7 Å². The second-order valence-corrected chi connectivity index (χ2v) is 13.8. The Morgan fingerprint density at radius 1 is 1.02 bits per heavy atom. The Morgan fingerprint density at radius 3 is 2.51 bits per heavy atom. The molecule has 0 saturated carbocycles. The van der Waals surface area contributed by atoms with E-state index in [-0.39, 0.29) is 32.5 Å². The van der Waals surface area contributed by atoms with E-state index in [1.54, 1.807) is 30.3 Å². The number of carbonyl (C=O) groups excluding carboxylic acids is 2. The first-order valence-corrected chi connectivity index (χ1v) is 16.7. The number of anilines is 1. The molecular formula is C31H32Cl2N4O5S. The molecular weight excluding hydrogens is 611 g/mol. The van der Waals surface area contributed by atoms with Crippen molar-refractivity contribution in [1.29, 1.82) is 0 Å². The number of benzene rings is 2. The van der Waals surface area contributed by atoms with Crippen molar-refractivity contribution in [3.05, 3.63) is 80.1 Å². The SMILES string of the molecule is Cc1c(/C=C2\C(=O)Nc3ccc(S(=O)(=O)Cc4c(Cl)cccc4Cl)cc32)[nH]c2c1C(=O)N(CCN1CCOCC1)CCC2. The van der Waals surface area contributed by atoms with Gasteiger partial charge in [0, 0.05) is 71.0 Å². The van der Waals surface area contributed by atoms with Gasteiger partial charge in [0.05, 0.1) is 35.0 Å². The Hall–Kier alpha value is -3.15. The third kappa shape index (κ3) is 5.99. The Kier molecular flexibility index (Phi) is 8.41. The van der Waals surface area contributed by atoms with Crippen LogP contribution >= 0.6 is 23.2 Å². The maximum Gasteiger partial charge on any atom is 0.256 e. The largest absolute Gasteiger partial charge is 0.379 e. The number of fused-ring (bicyclic) bond motifs is 2. The molecule has 0 radical (unpaired) electrons. The van der Waals surface area contributed by atoms with Gasteiger partial charge < -0.3 is 19.9 Å². The fraction of sp³-hybridized carbons (Fsp3) is 0.355. The summed E-state index contributed by atoms with van der Waals surface area (Å²) in [5.41, 5.74) is 4.56. The van der Waals surface area contributed by atoms with Gasteiger partial charge in [0.1, 0.15) is 0 Å². The highest BCUT2D eigenvalue weighted by Gasteiger charge is 2.31. The van der Waals surface area contributed by atoms with Crippen molar-refractivity contribution in [3.63, 3.8) is 0 Å². The number of halogens is 2. The lowest BCUT2D eigenvalue weighted by Crippen LogP contribution is -2.43. The highest BCUT2D eigenvalue weighted by molar-refractivity contribution is 7.90. The van der Waals surface area contributed by atoms with Crippen LogP contribution in [0.2, 0.25) is 10.0 Å². The molecule has 3 aromatic rings. The highest BCUT2D eigenvalue weighted by atomic mass is 35.5. The molecule has 12 heteroatoms. The molecule has 4 heterocycles. The molecule has 226 valence electrons. The number of H-pyrrole nitrogens is 1. The van der Waals surface area contributed by atoms with E-state index in [9.17, 15) is 18.0 Å². The summed E-state index contributed by atoms with van der Waals surface area (Å²) in [5, 5.41) is 3.36. The van der Waals surface area contributed by atoms with Crippen molar-refractivity contribution in [3.8, 4) is 0 Å². The number of ether oxygens (including phenoxy) is 1. The first-order chi connectivity index (χ1) is 20.6. The van der Waals surface area contributed by atoms with Crippen LogP contribution in [0.1, 0.15) is 44.9 Å². The zero-order chi connectivity index (χ0) is 30.3. The van der Waals surface area contributed by atoms with Crippen molar-refractivity contribution in [2.45, 2.75) is 30.4 Å².